The largest absolute Gasteiger partial charge is 0.382 e. The molecular formula is C16H26N4. The van der Waals surface area contributed by atoms with E-state index in [9.17, 15) is 0 Å². The predicted molar refractivity (Wildman–Crippen MR) is 84.3 cm³/mol. The molecule has 0 spiro atoms. The first-order chi connectivity index (χ1) is 9.38. The van der Waals surface area contributed by atoms with Crippen molar-refractivity contribution in [2.75, 3.05) is 18.0 Å². The number of anilines is 1. The number of aromatic nitrogens is 1. The highest BCUT2D eigenvalue weighted by molar-refractivity contribution is 5.93. The van der Waals surface area contributed by atoms with Crippen LogP contribution >= 0.6 is 0 Å². The quantitative estimate of drug-likeness (QED) is 0.643. The fourth-order valence-corrected chi connectivity index (χ4v) is 2.98. The summed E-state index contributed by atoms with van der Waals surface area (Å²) in [5.41, 5.74) is 7.62. The van der Waals surface area contributed by atoms with Crippen molar-refractivity contribution in [3.05, 3.63) is 24.0 Å². The van der Waals surface area contributed by atoms with E-state index < -0.39 is 0 Å². The summed E-state index contributed by atoms with van der Waals surface area (Å²) >= 11 is 0. The molecule has 0 amide bonds. The Morgan fingerprint density at radius 1 is 1.35 bits per heavy atom. The minimum absolute atomic E-state index is 0.0363. The second-order valence-electron chi connectivity index (χ2n) is 6.79. The molecule has 1 aliphatic rings. The van der Waals surface area contributed by atoms with Gasteiger partial charge in [-0.1, -0.05) is 20.8 Å². The predicted octanol–water partition coefficient (Wildman–Crippen LogP) is 3.02. The Balaban J connectivity index is 2.11. The molecule has 1 saturated heterocycles. The first-order valence-electron chi connectivity index (χ1n) is 7.43. The van der Waals surface area contributed by atoms with Crippen LogP contribution in [-0.4, -0.2) is 23.9 Å². The van der Waals surface area contributed by atoms with E-state index in [0.29, 0.717) is 11.1 Å². The van der Waals surface area contributed by atoms with Gasteiger partial charge in [0, 0.05) is 25.0 Å². The van der Waals surface area contributed by atoms with Crippen molar-refractivity contribution in [3.63, 3.8) is 0 Å². The van der Waals surface area contributed by atoms with Gasteiger partial charge in [-0.15, -0.1) is 0 Å². The second-order valence-corrected chi connectivity index (χ2v) is 6.79. The van der Waals surface area contributed by atoms with Crippen LogP contribution in [0.4, 0.5) is 5.69 Å². The maximum atomic E-state index is 7.50. The van der Waals surface area contributed by atoms with Gasteiger partial charge < -0.3 is 10.6 Å². The van der Waals surface area contributed by atoms with Crippen LogP contribution in [0.15, 0.2) is 18.3 Å². The van der Waals surface area contributed by atoms with E-state index in [-0.39, 0.29) is 5.84 Å². The lowest BCUT2D eigenvalue weighted by molar-refractivity contribution is 0.220. The fourth-order valence-electron chi connectivity index (χ4n) is 2.98. The second kappa shape index (κ2) is 5.81. The van der Waals surface area contributed by atoms with Crippen molar-refractivity contribution in [3.8, 4) is 0 Å². The Kier molecular flexibility index (Phi) is 4.31. The summed E-state index contributed by atoms with van der Waals surface area (Å²) in [6.45, 7) is 9.17. The van der Waals surface area contributed by atoms with Gasteiger partial charge in [0.15, 0.2) is 0 Å². The average Bonchev–Trinajstić information content (AvgIpc) is 2.64. The highest BCUT2D eigenvalue weighted by Crippen LogP contribution is 2.35. The SMILES string of the molecule is CC(C)(C)C1CCCN(c2ccnc(C(=N)N)c2)CC1. The van der Waals surface area contributed by atoms with Gasteiger partial charge >= 0.3 is 0 Å². The van der Waals surface area contributed by atoms with Crippen molar-refractivity contribution in [1.29, 1.82) is 5.41 Å². The van der Waals surface area contributed by atoms with E-state index in [1.807, 2.05) is 12.1 Å². The maximum absolute atomic E-state index is 7.50. The Morgan fingerprint density at radius 3 is 2.75 bits per heavy atom. The van der Waals surface area contributed by atoms with Crippen molar-refractivity contribution < 1.29 is 0 Å². The molecule has 0 bridgehead atoms. The molecular weight excluding hydrogens is 248 g/mol. The summed E-state index contributed by atoms with van der Waals surface area (Å²) in [6.07, 6.45) is 5.49. The number of hydrogen-bond donors (Lipinski definition) is 2. The molecule has 1 atom stereocenters. The van der Waals surface area contributed by atoms with Crippen molar-refractivity contribution >= 4 is 11.5 Å². The molecule has 2 heterocycles. The van der Waals surface area contributed by atoms with Gasteiger partial charge in [0.25, 0.3) is 0 Å². The molecule has 3 N–H and O–H groups in total. The van der Waals surface area contributed by atoms with Gasteiger partial charge in [-0.05, 0) is 42.7 Å². The average molecular weight is 274 g/mol. The minimum atomic E-state index is 0.0363. The summed E-state index contributed by atoms with van der Waals surface area (Å²) in [5, 5.41) is 7.50. The number of rotatable bonds is 2. The minimum Gasteiger partial charge on any atom is -0.382 e. The molecule has 1 aliphatic heterocycles. The summed E-state index contributed by atoms with van der Waals surface area (Å²) < 4.78 is 0. The number of nitrogens with one attached hydrogen (secondary N) is 1. The fraction of sp³-hybridized carbons (Fsp3) is 0.625. The van der Waals surface area contributed by atoms with E-state index in [1.165, 1.54) is 19.3 Å². The third-order valence-electron chi connectivity index (χ3n) is 4.34. The molecule has 0 radical (unpaired) electrons. The molecule has 1 fully saturated rings. The highest BCUT2D eigenvalue weighted by Gasteiger charge is 2.27. The van der Waals surface area contributed by atoms with Gasteiger partial charge in [0.1, 0.15) is 11.5 Å². The molecule has 110 valence electrons. The van der Waals surface area contributed by atoms with Gasteiger partial charge in [0.2, 0.25) is 0 Å². The molecule has 0 aromatic carbocycles. The number of pyridine rings is 1. The van der Waals surface area contributed by atoms with E-state index in [2.05, 4.69) is 30.7 Å². The van der Waals surface area contributed by atoms with Gasteiger partial charge in [-0.25, -0.2) is 0 Å². The number of nitrogens with zero attached hydrogens (tertiary/aromatic N) is 2. The van der Waals surface area contributed by atoms with Crippen LogP contribution in [-0.2, 0) is 0 Å². The van der Waals surface area contributed by atoms with Gasteiger partial charge in [0.05, 0.1) is 0 Å². The van der Waals surface area contributed by atoms with E-state index >= 15 is 0 Å². The standard InChI is InChI=1S/C16H26N4/c1-16(2,3)12-5-4-9-20(10-7-12)13-6-8-19-14(11-13)15(17)18/h6,8,11-12H,4-5,7,9-10H2,1-3H3,(H3,17,18). The van der Waals surface area contributed by atoms with Crippen molar-refractivity contribution in [2.45, 2.75) is 40.0 Å². The van der Waals surface area contributed by atoms with Crippen LogP contribution in [0.5, 0.6) is 0 Å². The number of hydrogen-bond acceptors (Lipinski definition) is 3. The lowest BCUT2D eigenvalue weighted by atomic mass is 9.77. The molecule has 0 aliphatic carbocycles. The van der Waals surface area contributed by atoms with Crippen LogP contribution in [0.3, 0.4) is 0 Å². The molecule has 4 nitrogen and oxygen atoms in total. The first-order valence-corrected chi connectivity index (χ1v) is 7.43. The van der Waals surface area contributed by atoms with Crippen LogP contribution in [0, 0.1) is 16.7 Å². The Bertz CT molecular complexity index is 476. The Hall–Kier alpha value is -1.58. The summed E-state index contributed by atoms with van der Waals surface area (Å²) in [7, 11) is 0. The summed E-state index contributed by atoms with van der Waals surface area (Å²) in [6, 6.07) is 3.95. The molecule has 1 unspecified atom stereocenters. The zero-order chi connectivity index (χ0) is 14.8. The van der Waals surface area contributed by atoms with Crippen molar-refractivity contribution in [1.82, 2.24) is 4.98 Å². The lowest BCUT2D eigenvalue weighted by Crippen LogP contribution is -2.26. The maximum Gasteiger partial charge on any atom is 0.141 e. The number of nitrogens with two attached hydrogens (primary N) is 1. The third kappa shape index (κ3) is 3.50. The zero-order valence-electron chi connectivity index (χ0n) is 12.8. The van der Waals surface area contributed by atoms with Gasteiger partial charge in [-0.3, -0.25) is 10.4 Å². The summed E-state index contributed by atoms with van der Waals surface area (Å²) in [4.78, 5) is 6.54. The smallest absolute Gasteiger partial charge is 0.141 e. The normalized spacial score (nSPS) is 20.6. The van der Waals surface area contributed by atoms with Crippen LogP contribution < -0.4 is 10.6 Å². The first kappa shape index (κ1) is 14.8. The number of amidine groups is 1. The van der Waals surface area contributed by atoms with Crippen molar-refractivity contribution in [2.24, 2.45) is 17.1 Å². The van der Waals surface area contributed by atoms with Gasteiger partial charge in [-0.2, -0.15) is 0 Å². The van der Waals surface area contributed by atoms with Crippen LogP contribution in [0.2, 0.25) is 0 Å². The van der Waals surface area contributed by atoms with Crippen LogP contribution in [0.1, 0.15) is 45.7 Å². The van der Waals surface area contributed by atoms with E-state index in [4.69, 9.17) is 11.1 Å². The Morgan fingerprint density at radius 2 is 2.10 bits per heavy atom. The zero-order valence-corrected chi connectivity index (χ0v) is 12.8. The molecule has 1 aromatic rings. The molecule has 2 rings (SSSR count). The third-order valence-corrected chi connectivity index (χ3v) is 4.34. The lowest BCUT2D eigenvalue weighted by Gasteiger charge is -2.30. The Labute approximate surface area is 121 Å². The molecule has 1 aromatic heterocycles. The number of nitrogen functional groups attached to an aromatic ring is 1. The van der Waals surface area contributed by atoms with Crippen LogP contribution in [0.25, 0.3) is 0 Å². The summed E-state index contributed by atoms with van der Waals surface area (Å²) in [5.74, 6) is 0.816. The monoisotopic (exact) mass is 274 g/mol. The molecule has 20 heavy (non-hydrogen) atoms. The topological polar surface area (TPSA) is 66.0 Å². The molecule has 4 heteroatoms. The molecule has 0 saturated carbocycles. The van der Waals surface area contributed by atoms with E-state index in [0.717, 1.165) is 24.7 Å². The van der Waals surface area contributed by atoms with E-state index in [1.54, 1.807) is 6.20 Å². The highest BCUT2D eigenvalue weighted by atomic mass is 15.1.